The van der Waals surface area contributed by atoms with Gasteiger partial charge in [-0.2, -0.15) is 0 Å². The number of nitrogens with zero attached hydrogens (tertiary/aromatic N) is 1. The second-order valence-corrected chi connectivity index (χ2v) is 6.05. The van der Waals surface area contributed by atoms with Crippen molar-refractivity contribution >= 4 is 5.91 Å². The molecule has 1 aliphatic heterocycles. The van der Waals surface area contributed by atoms with E-state index >= 15 is 0 Å². The zero-order valence-corrected chi connectivity index (χ0v) is 10.5. The topological polar surface area (TPSA) is 46.3 Å². The van der Waals surface area contributed by atoms with E-state index in [-0.39, 0.29) is 11.4 Å². The molecule has 0 radical (unpaired) electrons. The summed E-state index contributed by atoms with van der Waals surface area (Å²) in [6.07, 6.45) is 5.65. The Morgan fingerprint density at radius 3 is 2.67 bits per heavy atom. The van der Waals surface area contributed by atoms with Crippen molar-refractivity contribution < 1.29 is 4.79 Å². The number of carbonyl (C=O) groups is 1. The van der Waals surface area contributed by atoms with Gasteiger partial charge < -0.3 is 10.6 Å². The lowest BCUT2D eigenvalue weighted by Gasteiger charge is -2.38. The molecule has 3 nitrogen and oxygen atoms in total. The number of benzene rings is 1. The molecule has 0 spiro atoms. The Hall–Kier alpha value is -1.35. The van der Waals surface area contributed by atoms with Crippen LogP contribution in [0, 0.1) is 0 Å². The van der Waals surface area contributed by atoms with Gasteiger partial charge in [0.05, 0.1) is 0 Å². The van der Waals surface area contributed by atoms with Gasteiger partial charge in [0.1, 0.15) is 0 Å². The molecule has 1 aromatic carbocycles. The van der Waals surface area contributed by atoms with Crippen LogP contribution in [0.25, 0.3) is 0 Å². The van der Waals surface area contributed by atoms with Crippen LogP contribution in [0.3, 0.4) is 0 Å². The van der Waals surface area contributed by atoms with Crippen molar-refractivity contribution in [2.75, 3.05) is 0 Å². The fraction of sp³-hybridized carbons (Fsp3) is 0.533. The highest BCUT2D eigenvalue weighted by atomic mass is 16.2. The van der Waals surface area contributed by atoms with Crippen LogP contribution >= 0.6 is 0 Å². The molecule has 0 bridgehead atoms. The smallest absolute Gasteiger partial charge is 0.254 e. The van der Waals surface area contributed by atoms with Gasteiger partial charge in [-0.25, -0.2) is 0 Å². The molecule has 0 atom stereocenters. The van der Waals surface area contributed by atoms with E-state index in [0.29, 0.717) is 6.04 Å². The number of rotatable bonds is 2. The minimum atomic E-state index is -0.164. The van der Waals surface area contributed by atoms with E-state index in [1.165, 1.54) is 24.8 Å². The number of nitrogens with two attached hydrogens (primary N) is 1. The molecule has 3 heteroatoms. The maximum Gasteiger partial charge on any atom is 0.254 e. The fourth-order valence-corrected chi connectivity index (χ4v) is 3.16. The number of carbonyl (C=O) groups excluding carboxylic acids is 1. The first-order valence-corrected chi connectivity index (χ1v) is 6.91. The average molecular weight is 242 g/mol. The molecule has 4 rings (SSSR count). The minimum Gasteiger partial charge on any atom is -0.331 e. The Morgan fingerprint density at radius 2 is 2.06 bits per heavy atom. The Labute approximate surface area is 107 Å². The highest BCUT2D eigenvalue weighted by molar-refractivity contribution is 5.99. The van der Waals surface area contributed by atoms with Crippen molar-refractivity contribution in [2.45, 2.75) is 50.2 Å². The van der Waals surface area contributed by atoms with Crippen molar-refractivity contribution in [3.8, 4) is 0 Å². The molecule has 0 saturated heterocycles. The van der Waals surface area contributed by atoms with Crippen molar-refractivity contribution in [1.29, 1.82) is 0 Å². The fourth-order valence-electron chi connectivity index (χ4n) is 3.16. The second-order valence-electron chi connectivity index (χ2n) is 6.05. The summed E-state index contributed by atoms with van der Waals surface area (Å²) in [5.41, 5.74) is 9.41. The summed E-state index contributed by atoms with van der Waals surface area (Å²) in [5, 5.41) is 0. The van der Waals surface area contributed by atoms with Crippen LogP contribution in [0.1, 0.15) is 53.6 Å². The molecule has 2 saturated carbocycles. The Balaban J connectivity index is 1.70. The van der Waals surface area contributed by atoms with Crippen molar-refractivity contribution in [3.05, 3.63) is 34.9 Å². The largest absolute Gasteiger partial charge is 0.331 e. The summed E-state index contributed by atoms with van der Waals surface area (Å²) < 4.78 is 0. The lowest BCUT2D eigenvalue weighted by atomic mass is 9.72. The van der Waals surface area contributed by atoms with Crippen LogP contribution in [-0.4, -0.2) is 16.8 Å². The van der Waals surface area contributed by atoms with Crippen molar-refractivity contribution in [2.24, 2.45) is 5.73 Å². The van der Waals surface area contributed by atoms with E-state index in [9.17, 15) is 4.79 Å². The molecular weight excluding hydrogens is 224 g/mol. The monoisotopic (exact) mass is 242 g/mol. The maximum atomic E-state index is 12.3. The first-order chi connectivity index (χ1) is 8.67. The van der Waals surface area contributed by atoms with E-state index in [1.54, 1.807) is 0 Å². The normalized spacial score (nSPS) is 24.9. The van der Waals surface area contributed by atoms with Gasteiger partial charge in [0.2, 0.25) is 0 Å². The molecule has 1 amide bonds. The third-order valence-electron chi connectivity index (χ3n) is 4.75. The van der Waals surface area contributed by atoms with Gasteiger partial charge in [0.25, 0.3) is 5.91 Å². The van der Waals surface area contributed by atoms with Crippen molar-refractivity contribution in [1.82, 2.24) is 4.90 Å². The summed E-state index contributed by atoms with van der Waals surface area (Å²) >= 11 is 0. The quantitative estimate of drug-likeness (QED) is 0.863. The standard InChI is InChI=1S/C15H18N2O/c16-15(6-1-7-15)11-3-2-10-9-17(12-4-5-12)14(18)13(10)8-11/h2-3,8,12H,1,4-7,9,16H2. The van der Waals surface area contributed by atoms with Gasteiger partial charge in [0.15, 0.2) is 0 Å². The number of hydrogen-bond donors (Lipinski definition) is 1. The number of hydrogen-bond acceptors (Lipinski definition) is 2. The molecule has 2 N–H and O–H groups in total. The van der Waals surface area contributed by atoms with Crippen LogP contribution in [0.5, 0.6) is 0 Å². The average Bonchev–Trinajstić information content (AvgIpc) is 3.12. The molecule has 1 heterocycles. The van der Waals surface area contributed by atoms with E-state index in [2.05, 4.69) is 18.2 Å². The van der Waals surface area contributed by atoms with Crippen LogP contribution < -0.4 is 5.73 Å². The van der Waals surface area contributed by atoms with Gasteiger partial charge >= 0.3 is 0 Å². The molecular formula is C15H18N2O. The Bertz CT molecular complexity index is 529. The van der Waals surface area contributed by atoms with Gasteiger partial charge in [-0.1, -0.05) is 12.1 Å². The van der Waals surface area contributed by atoms with Gasteiger partial charge in [-0.15, -0.1) is 0 Å². The minimum absolute atomic E-state index is 0.164. The molecule has 0 unspecified atom stereocenters. The second kappa shape index (κ2) is 3.35. The van der Waals surface area contributed by atoms with Gasteiger partial charge in [-0.05, 0) is 49.3 Å². The maximum absolute atomic E-state index is 12.3. The molecule has 2 fully saturated rings. The van der Waals surface area contributed by atoms with Crippen molar-refractivity contribution in [3.63, 3.8) is 0 Å². The summed E-state index contributed by atoms with van der Waals surface area (Å²) in [6.45, 7) is 0.802. The highest BCUT2D eigenvalue weighted by Gasteiger charge is 2.40. The predicted octanol–water partition coefficient (Wildman–Crippen LogP) is 2.14. The first-order valence-electron chi connectivity index (χ1n) is 6.91. The Morgan fingerprint density at radius 1 is 1.28 bits per heavy atom. The first kappa shape index (κ1) is 10.6. The van der Waals surface area contributed by atoms with Gasteiger partial charge in [0, 0.05) is 23.7 Å². The van der Waals surface area contributed by atoms with Crippen LogP contribution in [-0.2, 0) is 12.1 Å². The molecule has 3 aliphatic rings. The summed E-state index contributed by atoms with van der Waals surface area (Å²) in [7, 11) is 0. The molecule has 0 aromatic heterocycles. The van der Waals surface area contributed by atoms with E-state index in [4.69, 9.17) is 5.73 Å². The predicted molar refractivity (Wildman–Crippen MR) is 69.1 cm³/mol. The third-order valence-corrected chi connectivity index (χ3v) is 4.75. The zero-order chi connectivity index (χ0) is 12.3. The zero-order valence-electron chi connectivity index (χ0n) is 10.5. The number of amides is 1. The lowest BCUT2D eigenvalue weighted by molar-refractivity contribution is 0.0766. The van der Waals surface area contributed by atoms with E-state index in [1.807, 2.05) is 4.90 Å². The van der Waals surface area contributed by atoms with E-state index in [0.717, 1.165) is 30.5 Å². The highest BCUT2D eigenvalue weighted by Crippen LogP contribution is 2.41. The molecule has 1 aromatic rings. The van der Waals surface area contributed by atoms with Crippen LogP contribution in [0.4, 0.5) is 0 Å². The summed E-state index contributed by atoms with van der Waals surface area (Å²) in [5.74, 6) is 0.220. The van der Waals surface area contributed by atoms with Gasteiger partial charge in [-0.3, -0.25) is 4.79 Å². The molecule has 2 aliphatic carbocycles. The summed E-state index contributed by atoms with van der Waals surface area (Å²) in [6, 6.07) is 6.79. The Kier molecular flexibility index (Phi) is 1.97. The van der Waals surface area contributed by atoms with Crippen LogP contribution in [0.15, 0.2) is 18.2 Å². The van der Waals surface area contributed by atoms with Crippen LogP contribution in [0.2, 0.25) is 0 Å². The van der Waals surface area contributed by atoms with E-state index < -0.39 is 0 Å². The SMILES string of the molecule is NC1(c2ccc3c(c2)C(=O)N(C2CC2)C3)CCC1. The lowest BCUT2D eigenvalue weighted by Crippen LogP contribution is -2.43. The third kappa shape index (κ3) is 1.37. The number of fused-ring (bicyclic) bond motifs is 1. The summed E-state index contributed by atoms with van der Waals surface area (Å²) in [4.78, 5) is 14.4. The molecule has 94 valence electrons. The molecule has 18 heavy (non-hydrogen) atoms.